The summed E-state index contributed by atoms with van der Waals surface area (Å²) in [7, 11) is 3.13. The van der Waals surface area contributed by atoms with E-state index < -0.39 is 96.1 Å². The molecule has 0 aromatic heterocycles. The second kappa shape index (κ2) is 37.7. The maximum atomic E-state index is 14.1. The molecule has 0 saturated carbocycles. The van der Waals surface area contributed by atoms with Crippen molar-refractivity contribution in [3.8, 4) is 5.75 Å². The zero-order valence-electron chi connectivity index (χ0n) is 57.8. The Kier molecular flexibility index (Phi) is 30.1. The zero-order valence-corrected chi connectivity index (χ0v) is 57.8. The van der Waals surface area contributed by atoms with Gasteiger partial charge in [0.15, 0.2) is 0 Å². The first-order valence-corrected chi connectivity index (χ1v) is 33.6. The van der Waals surface area contributed by atoms with Gasteiger partial charge in [0.1, 0.15) is 54.2 Å². The van der Waals surface area contributed by atoms with Crippen LogP contribution in [0.1, 0.15) is 158 Å². The lowest BCUT2D eigenvalue weighted by molar-refractivity contribution is -0.158. The third-order valence-corrected chi connectivity index (χ3v) is 17.8. The predicted molar refractivity (Wildman–Crippen MR) is 369 cm³/mol. The fourth-order valence-electron chi connectivity index (χ4n) is 11.9. The second-order valence-corrected chi connectivity index (χ2v) is 26.0. The molecule has 0 radical (unpaired) electrons. The van der Waals surface area contributed by atoms with E-state index in [0.717, 1.165) is 33.4 Å². The number of carbonyl (C=O) groups is 8. The Morgan fingerprint density at radius 3 is 2.20 bits per heavy atom. The number of carbonyl (C=O) groups excluding carboxylic acids is 8. The summed E-state index contributed by atoms with van der Waals surface area (Å²) in [6.45, 7) is 24.7. The largest absolute Gasteiger partial charge is 0.508 e. The minimum Gasteiger partial charge on any atom is -0.508 e. The summed E-state index contributed by atoms with van der Waals surface area (Å²) in [4.78, 5) is 109. The number of hydrazine groups is 2. The summed E-state index contributed by atoms with van der Waals surface area (Å²) in [6.07, 6.45) is 10.7. The van der Waals surface area contributed by atoms with Crippen LogP contribution in [0, 0.1) is 30.6 Å². The van der Waals surface area contributed by atoms with E-state index in [0.29, 0.717) is 70.0 Å². The molecular formula is C75H102N8O13. The van der Waals surface area contributed by atoms with Crippen LogP contribution in [-0.2, 0) is 70.1 Å². The van der Waals surface area contributed by atoms with Crippen LogP contribution in [-0.4, -0.2) is 138 Å². The van der Waals surface area contributed by atoms with E-state index in [4.69, 9.17) is 18.9 Å². The molecule has 3 aliphatic rings. The molecule has 96 heavy (non-hydrogen) atoms. The number of nitrogens with one attached hydrogen (secondary N) is 6. The van der Waals surface area contributed by atoms with Crippen molar-refractivity contribution in [2.75, 3.05) is 27.3 Å². The molecule has 21 nitrogen and oxygen atoms in total. The number of aromatic hydroxyl groups is 1. The molecule has 520 valence electrons. The van der Waals surface area contributed by atoms with Gasteiger partial charge in [-0.05, 0) is 142 Å². The molecule has 7 N–H and O–H groups in total. The Morgan fingerprint density at radius 1 is 0.792 bits per heavy atom. The maximum Gasteiger partial charge on any atom is 0.325 e. The van der Waals surface area contributed by atoms with Gasteiger partial charge in [-0.2, -0.15) is 0 Å². The third kappa shape index (κ3) is 22.6. The minimum absolute atomic E-state index is 0.0303. The fraction of sp³-hybridized carbons (Fsp3) is 0.493. The van der Waals surface area contributed by atoms with Crippen molar-refractivity contribution < 1.29 is 62.4 Å². The third-order valence-electron chi connectivity index (χ3n) is 17.8. The lowest BCUT2D eigenvalue weighted by Gasteiger charge is -2.36. The van der Waals surface area contributed by atoms with Crippen LogP contribution in [0.4, 0.5) is 0 Å². The first-order chi connectivity index (χ1) is 45.8. The number of ether oxygens (including phenoxy) is 4. The van der Waals surface area contributed by atoms with Gasteiger partial charge in [0.2, 0.25) is 23.6 Å². The topological polar surface area (TPSA) is 272 Å². The first-order valence-electron chi connectivity index (χ1n) is 33.6. The quantitative estimate of drug-likeness (QED) is 0.0303. The molecule has 0 spiro atoms. The average molecular weight is 1320 g/mol. The van der Waals surface area contributed by atoms with Crippen LogP contribution < -0.4 is 32.1 Å². The summed E-state index contributed by atoms with van der Waals surface area (Å²) in [5.74, 6) is -4.96. The van der Waals surface area contributed by atoms with Crippen LogP contribution in [0.5, 0.6) is 5.75 Å². The van der Waals surface area contributed by atoms with Crippen LogP contribution in [0.15, 0.2) is 122 Å². The molecule has 3 heterocycles. The van der Waals surface area contributed by atoms with Gasteiger partial charge < -0.3 is 45.3 Å². The molecule has 2 fully saturated rings. The number of phenolic OH excluding ortho intramolecular Hbond substituents is 1. The number of aryl methyl sites for hydroxylation is 1. The molecular weight excluding hydrogens is 1220 g/mol. The summed E-state index contributed by atoms with van der Waals surface area (Å²) >= 11 is 0. The van der Waals surface area contributed by atoms with Crippen molar-refractivity contribution >= 4 is 59.5 Å². The number of amides is 6. The molecule has 21 heteroatoms. The fourth-order valence-corrected chi connectivity index (χ4v) is 11.9. The van der Waals surface area contributed by atoms with E-state index in [1.807, 2.05) is 126 Å². The predicted octanol–water partition coefficient (Wildman–Crippen LogP) is 9.04. The monoisotopic (exact) mass is 1320 g/mol. The normalized spacial score (nSPS) is 22.5. The number of fused-ring (bicyclic) bond motifs is 4. The van der Waals surface area contributed by atoms with Crippen LogP contribution in [0.25, 0.3) is 12.2 Å². The highest BCUT2D eigenvalue weighted by molar-refractivity contribution is 5.94. The number of phenols is 1. The van der Waals surface area contributed by atoms with E-state index in [1.165, 1.54) is 22.2 Å². The first kappa shape index (κ1) is 76.5. The molecule has 0 aliphatic carbocycles. The number of cyclic esters (lactones) is 1. The van der Waals surface area contributed by atoms with Crippen LogP contribution in [0.3, 0.4) is 0 Å². The lowest BCUT2D eigenvalue weighted by Crippen LogP contribution is -2.62. The number of nitrogens with zero attached hydrogens (tertiary/aromatic N) is 2. The number of allylic oxidation sites excluding steroid dienone is 2. The van der Waals surface area contributed by atoms with Gasteiger partial charge in [0.05, 0.1) is 24.0 Å². The number of hydrogen-bond donors (Lipinski definition) is 7. The van der Waals surface area contributed by atoms with E-state index >= 15 is 0 Å². The molecule has 0 unspecified atom stereocenters. The Balaban J connectivity index is 0.000000304. The number of benzene rings is 4. The van der Waals surface area contributed by atoms with Gasteiger partial charge in [-0.1, -0.05) is 151 Å². The molecule has 6 amide bonds. The van der Waals surface area contributed by atoms with E-state index in [-0.39, 0.29) is 54.3 Å². The molecule has 7 rings (SSSR count). The van der Waals surface area contributed by atoms with Gasteiger partial charge in [-0.15, -0.1) is 6.58 Å². The molecule has 2 saturated heterocycles. The van der Waals surface area contributed by atoms with E-state index in [1.54, 1.807) is 59.3 Å². The summed E-state index contributed by atoms with van der Waals surface area (Å²) in [6, 6.07) is 24.2. The molecule has 4 aromatic carbocycles. The van der Waals surface area contributed by atoms with Crippen LogP contribution in [0.2, 0.25) is 0 Å². The zero-order chi connectivity index (χ0) is 70.2. The molecule has 12 atom stereocenters. The van der Waals surface area contributed by atoms with Crippen molar-refractivity contribution in [1.29, 1.82) is 0 Å². The van der Waals surface area contributed by atoms with Crippen molar-refractivity contribution in [3.63, 3.8) is 0 Å². The minimum atomic E-state index is -1.06. The van der Waals surface area contributed by atoms with Gasteiger partial charge in [-0.3, -0.25) is 48.4 Å². The van der Waals surface area contributed by atoms with Crippen LogP contribution >= 0.6 is 0 Å². The number of rotatable bonds is 21. The van der Waals surface area contributed by atoms with Crippen molar-refractivity contribution in [1.82, 2.24) is 42.1 Å². The van der Waals surface area contributed by atoms with Crippen molar-refractivity contribution in [2.24, 2.45) is 23.7 Å². The Bertz CT molecular complexity index is 3330. The second-order valence-electron chi connectivity index (χ2n) is 26.0. The van der Waals surface area contributed by atoms with Gasteiger partial charge >= 0.3 is 11.9 Å². The Morgan fingerprint density at radius 2 is 1.51 bits per heavy atom. The molecule has 4 aromatic rings. The van der Waals surface area contributed by atoms with E-state index in [2.05, 4.69) is 45.3 Å². The summed E-state index contributed by atoms with van der Waals surface area (Å²) in [5.41, 5.74) is 12.2. The van der Waals surface area contributed by atoms with Gasteiger partial charge in [0.25, 0.3) is 11.8 Å². The number of hydrogen-bond acceptors (Lipinski definition) is 15. The average Bonchev–Trinajstić information content (AvgIpc) is 0.845. The van der Waals surface area contributed by atoms with Gasteiger partial charge in [0, 0.05) is 40.2 Å². The summed E-state index contributed by atoms with van der Waals surface area (Å²) < 4.78 is 22.9. The van der Waals surface area contributed by atoms with E-state index in [9.17, 15) is 43.5 Å². The summed E-state index contributed by atoms with van der Waals surface area (Å²) in [5, 5.41) is 24.4. The maximum absolute atomic E-state index is 14.1. The Labute approximate surface area is 566 Å². The molecule has 4 bridgehead atoms. The SMILES string of the molecule is C=CCC[C@@H](OC)[C@@H](C)C(=O)N[C@H](C(=O)N[C@@H](Cc1cccc(C)c1)C(=O)N1CCC[C@@H](C(=O)O[C@H](C)c2cccc(C=C)c2)N1)C(C)C.CO[C@@H]1CC/C=C/c2cccc(c2)[C@@H](C)OC(=O)[C@@H]2CCCN(N2)C(=O)[C@H](Cc2cccc(O)c2)NC(=O)[C@H](C(C)C)NC(=O)[C@@H]1C. The molecule has 3 aliphatic heterocycles. The van der Waals surface area contributed by atoms with Crippen molar-refractivity contribution in [3.05, 3.63) is 161 Å². The highest BCUT2D eigenvalue weighted by Gasteiger charge is 2.39. The van der Waals surface area contributed by atoms with Crippen molar-refractivity contribution in [2.45, 2.75) is 187 Å². The number of methoxy groups -OCH3 is 2. The highest BCUT2D eigenvalue weighted by Crippen LogP contribution is 2.26. The highest BCUT2D eigenvalue weighted by atomic mass is 16.5. The van der Waals surface area contributed by atoms with Gasteiger partial charge in [-0.25, -0.2) is 10.9 Å². The number of esters is 2. The standard InChI is InChI=1S/C39H54N4O6.C36H48N4O7/c1-9-11-20-34(48-8)27(6)36(44)41-35(25(3)4)37(45)40-33(24-30-17-12-15-26(5)22-30)38(46)43-21-14-19-32(42-43)39(47)49-28(7)31-18-13-16-29(10-2)23-31;1-22(2)32-34(43)37-30(21-26-13-9-15-28(41)20-26)35(44)40-18-10-16-29(39-40)36(45)47-24(4)27-14-8-12-25(19-27)11-6-7-17-31(46-5)23(3)33(42)38-32/h9-10,12-13,15-18,22-23,25,27-28,32-35,42H,1-2,11,14,19-21,24H2,3-8H3,(H,40,45)(H,41,44);6,8-9,11-15,19-20,22-24,29-32,39,41H,7,10,16-18,21H2,1-5H3,(H,37,43)(H,38,42)/b;11-6+/t27-,28-,32+,33+,34-,35+;23-,24-,29+,30+,31-,32+/m11/s1. The smallest absolute Gasteiger partial charge is 0.325 e. The Hall–Kier alpha value is -8.50. The lowest BCUT2D eigenvalue weighted by atomic mass is 9.96.